The van der Waals surface area contributed by atoms with Crippen LogP contribution in [0.4, 0.5) is 0 Å². The number of carbonyl (C=O) groups excluding carboxylic acids is 2. The van der Waals surface area contributed by atoms with E-state index in [1.807, 2.05) is 0 Å². The Morgan fingerprint density at radius 2 is 1.82 bits per heavy atom. The van der Waals surface area contributed by atoms with Crippen molar-refractivity contribution in [3.63, 3.8) is 0 Å². The van der Waals surface area contributed by atoms with Gasteiger partial charge in [0.1, 0.15) is 18.3 Å². The molecule has 0 aromatic heterocycles. The second-order valence-corrected chi connectivity index (χ2v) is 8.10. The number of phenols is 1. The molecule has 0 unspecified atom stereocenters. The molecular weight excluding hydrogens is 382 g/mol. The summed E-state index contributed by atoms with van der Waals surface area (Å²) in [4.78, 5) is 24.6. The number of amides is 2. The average Bonchev–Trinajstić information content (AvgIpc) is 2.65. The quantitative estimate of drug-likeness (QED) is 0.558. The highest BCUT2D eigenvalue weighted by Gasteiger charge is 2.27. The maximum atomic E-state index is 12.5. The molecule has 0 saturated heterocycles. The van der Waals surface area contributed by atoms with Crippen LogP contribution in [-0.4, -0.2) is 43.7 Å². The third kappa shape index (κ3) is 6.41. The number of aromatic hydroxyl groups is 1. The van der Waals surface area contributed by atoms with Gasteiger partial charge in [-0.25, -0.2) is 8.42 Å². The van der Waals surface area contributed by atoms with E-state index in [1.54, 1.807) is 36.4 Å². The number of carbonyl (C=O) groups is 2. The fraction of sp³-hybridized carbons (Fsp3) is 0.211. The lowest BCUT2D eigenvalue weighted by molar-refractivity contribution is -0.122. The third-order valence-electron chi connectivity index (χ3n) is 3.72. The number of nitrogens with one attached hydrogen (secondary N) is 2. The van der Waals surface area contributed by atoms with E-state index in [1.165, 1.54) is 24.3 Å². The molecular formula is C19H19N3O5S. The number of rotatable bonds is 8. The monoisotopic (exact) mass is 401 g/mol. The van der Waals surface area contributed by atoms with Crippen molar-refractivity contribution in [2.45, 2.75) is 11.8 Å². The summed E-state index contributed by atoms with van der Waals surface area (Å²) in [6, 6.07) is 14.2. The number of nitrogens with zero attached hydrogens (tertiary/aromatic N) is 1. The maximum absolute atomic E-state index is 12.5. The van der Waals surface area contributed by atoms with Crippen LogP contribution in [-0.2, 0) is 20.4 Å². The lowest BCUT2D eigenvalue weighted by atomic mass is 10.2. The van der Waals surface area contributed by atoms with Gasteiger partial charge in [-0.1, -0.05) is 36.4 Å². The molecule has 0 bridgehead atoms. The molecule has 2 amide bonds. The molecule has 0 aliphatic carbocycles. The van der Waals surface area contributed by atoms with E-state index < -0.39 is 33.4 Å². The molecule has 146 valence electrons. The van der Waals surface area contributed by atoms with Gasteiger partial charge in [0.05, 0.1) is 17.6 Å². The minimum Gasteiger partial charge on any atom is -0.508 e. The zero-order chi connectivity index (χ0) is 20.6. The highest BCUT2D eigenvalue weighted by atomic mass is 32.2. The number of nitriles is 1. The van der Waals surface area contributed by atoms with Crippen molar-refractivity contribution >= 4 is 21.7 Å². The van der Waals surface area contributed by atoms with Gasteiger partial charge in [-0.05, 0) is 23.8 Å². The first kappa shape index (κ1) is 20.9. The fourth-order valence-electron chi connectivity index (χ4n) is 2.46. The minimum absolute atomic E-state index is 0.0681. The summed E-state index contributed by atoms with van der Waals surface area (Å²) in [5.74, 6) is -2.58. The fourth-order valence-corrected chi connectivity index (χ4v) is 4.02. The molecule has 0 radical (unpaired) electrons. The number of phenolic OH excluding ortho intramolecular Hbond substituents is 1. The molecule has 8 nitrogen and oxygen atoms in total. The lowest BCUT2D eigenvalue weighted by Gasteiger charge is -2.18. The normalized spacial score (nSPS) is 11.8. The van der Waals surface area contributed by atoms with Crippen LogP contribution in [0.2, 0.25) is 0 Å². The van der Waals surface area contributed by atoms with Crippen LogP contribution in [0.25, 0.3) is 0 Å². The number of sulfone groups is 1. The largest absolute Gasteiger partial charge is 0.508 e. The smallest absolute Gasteiger partial charge is 0.252 e. The molecule has 0 spiro atoms. The summed E-state index contributed by atoms with van der Waals surface area (Å²) in [7, 11) is -3.75. The van der Waals surface area contributed by atoms with Crippen molar-refractivity contribution in [1.82, 2.24) is 10.6 Å². The van der Waals surface area contributed by atoms with Gasteiger partial charge in [0.25, 0.3) is 5.91 Å². The van der Waals surface area contributed by atoms with Gasteiger partial charge in [0.2, 0.25) is 5.91 Å². The van der Waals surface area contributed by atoms with Crippen molar-refractivity contribution in [1.29, 1.82) is 5.26 Å². The Bertz CT molecular complexity index is 984. The van der Waals surface area contributed by atoms with Crippen molar-refractivity contribution in [2.24, 2.45) is 0 Å². The Morgan fingerprint density at radius 1 is 1.11 bits per heavy atom. The van der Waals surface area contributed by atoms with E-state index in [-0.39, 0.29) is 23.6 Å². The topological polar surface area (TPSA) is 136 Å². The van der Waals surface area contributed by atoms with Crippen LogP contribution in [0.15, 0.2) is 54.6 Å². The summed E-state index contributed by atoms with van der Waals surface area (Å²) in [6.07, 6.45) is 0. The van der Waals surface area contributed by atoms with Gasteiger partial charge in [-0.15, -0.1) is 0 Å². The Kier molecular flexibility index (Phi) is 7.12. The van der Waals surface area contributed by atoms with Crippen LogP contribution in [0.3, 0.4) is 0 Å². The molecule has 2 aromatic carbocycles. The van der Waals surface area contributed by atoms with E-state index >= 15 is 0 Å². The Morgan fingerprint density at radius 3 is 2.46 bits per heavy atom. The van der Waals surface area contributed by atoms with Crippen molar-refractivity contribution in [3.05, 3.63) is 65.7 Å². The molecule has 0 saturated carbocycles. The van der Waals surface area contributed by atoms with E-state index in [0.29, 0.717) is 5.56 Å². The molecule has 0 fully saturated rings. The Hall–Kier alpha value is -3.38. The zero-order valence-electron chi connectivity index (χ0n) is 14.8. The number of hydrogen-bond acceptors (Lipinski definition) is 6. The summed E-state index contributed by atoms with van der Waals surface area (Å²) < 4.78 is 25.0. The maximum Gasteiger partial charge on any atom is 0.252 e. The van der Waals surface area contributed by atoms with Crippen molar-refractivity contribution < 1.29 is 23.1 Å². The highest BCUT2D eigenvalue weighted by Crippen LogP contribution is 2.12. The third-order valence-corrected chi connectivity index (χ3v) is 5.34. The Balaban J connectivity index is 2.18. The number of benzene rings is 2. The molecule has 2 rings (SSSR count). The average molecular weight is 401 g/mol. The van der Waals surface area contributed by atoms with Gasteiger partial charge >= 0.3 is 0 Å². The zero-order valence-corrected chi connectivity index (χ0v) is 15.6. The van der Waals surface area contributed by atoms with Crippen molar-refractivity contribution in [3.8, 4) is 11.8 Å². The molecule has 9 heteroatoms. The highest BCUT2D eigenvalue weighted by molar-refractivity contribution is 7.90. The van der Waals surface area contributed by atoms with Crippen molar-refractivity contribution in [2.75, 3.05) is 12.3 Å². The van der Waals surface area contributed by atoms with E-state index in [0.717, 1.165) is 0 Å². The molecule has 0 aliphatic heterocycles. The van der Waals surface area contributed by atoms with Crippen LogP contribution in [0.1, 0.15) is 15.9 Å². The molecule has 1 atom stereocenters. The van der Waals surface area contributed by atoms with Gasteiger partial charge < -0.3 is 15.7 Å². The van der Waals surface area contributed by atoms with E-state index in [9.17, 15) is 23.1 Å². The second-order valence-electron chi connectivity index (χ2n) is 5.99. The van der Waals surface area contributed by atoms with Crippen LogP contribution in [0.5, 0.6) is 5.75 Å². The number of hydrogen-bond donors (Lipinski definition) is 3. The standard InChI is InChI=1S/C19H19N3O5S/c20-9-10-21-19(25)17(22-18(24)15-7-4-8-16(23)11-15)13-28(26,27)12-14-5-2-1-3-6-14/h1-8,11,17,23H,10,12-13H2,(H,21,25)(H,22,24)/t17-/m0/s1. The van der Waals surface area contributed by atoms with E-state index in [2.05, 4.69) is 10.6 Å². The first-order chi connectivity index (χ1) is 13.3. The van der Waals surface area contributed by atoms with Gasteiger partial charge in [-0.3, -0.25) is 9.59 Å². The van der Waals surface area contributed by atoms with Crippen LogP contribution >= 0.6 is 0 Å². The van der Waals surface area contributed by atoms with E-state index in [4.69, 9.17) is 5.26 Å². The summed E-state index contributed by atoms with van der Waals surface area (Å²) in [5, 5.41) is 22.7. The van der Waals surface area contributed by atoms with Gasteiger partial charge in [0.15, 0.2) is 9.84 Å². The first-order valence-electron chi connectivity index (χ1n) is 8.29. The SMILES string of the molecule is N#CCNC(=O)[C@H](CS(=O)(=O)Cc1ccccc1)NC(=O)c1cccc(O)c1. The predicted molar refractivity (Wildman–Crippen MR) is 102 cm³/mol. The van der Waals surface area contributed by atoms with Crippen LogP contribution in [0, 0.1) is 11.3 Å². The molecule has 0 aliphatic rings. The van der Waals surface area contributed by atoms with Gasteiger partial charge in [0, 0.05) is 5.56 Å². The lowest BCUT2D eigenvalue weighted by Crippen LogP contribution is -2.50. The summed E-state index contributed by atoms with van der Waals surface area (Å²) in [6.45, 7) is -0.323. The molecule has 3 N–H and O–H groups in total. The molecule has 0 heterocycles. The molecule has 28 heavy (non-hydrogen) atoms. The first-order valence-corrected chi connectivity index (χ1v) is 10.1. The van der Waals surface area contributed by atoms with Crippen LogP contribution < -0.4 is 10.6 Å². The Labute approximate surface area is 162 Å². The summed E-state index contributed by atoms with van der Waals surface area (Å²) >= 11 is 0. The second kappa shape index (κ2) is 9.53. The summed E-state index contributed by atoms with van der Waals surface area (Å²) in [5.41, 5.74) is 0.622. The minimum atomic E-state index is -3.75. The molecule has 2 aromatic rings. The van der Waals surface area contributed by atoms with Gasteiger partial charge in [-0.2, -0.15) is 5.26 Å². The predicted octanol–water partition coefficient (Wildman–Crippen LogP) is 0.745.